The van der Waals surface area contributed by atoms with Crippen molar-refractivity contribution in [1.29, 1.82) is 0 Å². The number of nitrogens with one attached hydrogen (secondary N) is 2. The van der Waals surface area contributed by atoms with E-state index >= 15 is 0 Å². The first-order valence-corrected chi connectivity index (χ1v) is 8.39. The van der Waals surface area contributed by atoms with E-state index < -0.39 is 34.8 Å². The molecule has 0 radical (unpaired) electrons. The number of morpholine rings is 1. The summed E-state index contributed by atoms with van der Waals surface area (Å²) in [5.74, 6) is -1.05. The van der Waals surface area contributed by atoms with Gasteiger partial charge >= 0.3 is 12.1 Å². The lowest BCUT2D eigenvalue weighted by Gasteiger charge is -2.42. The van der Waals surface area contributed by atoms with Crippen molar-refractivity contribution in [1.82, 2.24) is 10.6 Å². The van der Waals surface area contributed by atoms with Gasteiger partial charge in [0.25, 0.3) is 0 Å². The minimum absolute atomic E-state index is 0.0285. The van der Waals surface area contributed by atoms with E-state index in [0.717, 1.165) is 6.07 Å². The van der Waals surface area contributed by atoms with Crippen molar-refractivity contribution in [2.24, 2.45) is 0 Å². The topological polar surface area (TPSA) is 67.4 Å². The van der Waals surface area contributed by atoms with Crippen molar-refractivity contribution in [3.63, 3.8) is 0 Å². The van der Waals surface area contributed by atoms with Crippen LogP contribution >= 0.6 is 0 Å². The predicted octanol–water partition coefficient (Wildman–Crippen LogP) is 2.79. The van der Waals surface area contributed by atoms with Gasteiger partial charge in [-0.3, -0.25) is 14.9 Å². The molecule has 2 rings (SSSR count). The smallest absolute Gasteiger partial charge is 0.416 e. The number of rotatable bonds is 5. The minimum atomic E-state index is -4.49. The normalized spacial score (nSPS) is 22.6. The summed E-state index contributed by atoms with van der Waals surface area (Å²) in [5.41, 5.74) is -2.65. The van der Waals surface area contributed by atoms with Gasteiger partial charge in [-0.1, -0.05) is 25.1 Å². The van der Waals surface area contributed by atoms with Crippen molar-refractivity contribution in [2.45, 2.75) is 57.5 Å². The van der Waals surface area contributed by atoms with Gasteiger partial charge in [-0.15, -0.1) is 0 Å². The number of carbonyl (C=O) groups excluding carboxylic acids is 2. The highest BCUT2D eigenvalue weighted by molar-refractivity contribution is 5.89. The van der Waals surface area contributed by atoms with Gasteiger partial charge in [0.2, 0.25) is 5.91 Å². The minimum Gasteiger partial charge on any atom is -0.457 e. The molecule has 1 aromatic carbocycles. The Balaban J connectivity index is 2.04. The quantitative estimate of drug-likeness (QED) is 0.780. The molecule has 0 saturated carbocycles. The van der Waals surface area contributed by atoms with Crippen LogP contribution in [0.2, 0.25) is 0 Å². The van der Waals surface area contributed by atoms with Crippen LogP contribution in [0.5, 0.6) is 0 Å². The summed E-state index contributed by atoms with van der Waals surface area (Å²) >= 11 is 0. The summed E-state index contributed by atoms with van der Waals surface area (Å²) < 4.78 is 44.4. The second-order valence-electron chi connectivity index (χ2n) is 7.05. The van der Waals surface area contributed by atoms with Gasteiger partial charge < -0.3 is 10.1 Å². The molecule has 1 unspecified atom stereocenters. The van der Waals surface area contributed by atoms with E-state index in [1.54, 1.807) is 20.8 Å². The van der Waals surface area contributed by atoms with Crippen molar-refractivity contribution in [2.75, 3.05) is 6.54 Å². The molecule has 0 bridgehead atoms. The number of halogens is 3. The van der Waals surface area contributed by atoms with E-state index in [4.69, 9.17) is 4.74 Å². The number of benzene rings is 1. The Morgan fingerprint density at radius 2 is 1.96 bits per heavy atom. The molecule has 0 aliphatic carbocycles. The Labute approximate surface area is 150 Å². The highest BCUT2D eigenvalue weighted by Gasteiger charge is 2.47. The van der Waals surface area contributed by atoms with Gasteiger partial charge in [-0.25, -0.2) is 0 Å². The Kier molecular flexibility index (Phi) is 5.65. The maximum Gasteiger partial charge on any atom is 0.416 e. The Morgan fingerprint density at radius 3 is 2.54 bits per heavy atom. The Morgan fingerprint density at radius 1 is 1.31 bits per heavy atom. The molecular formula is C18H23F3N2O3. The number of hydrogen-bond donors (Lipinski definition) is 2. The number of amides is 1. The molecule has 1 atom stereocenters. The molecule has 1 aliphatic rings. The first-order valence-electron chi connectivity index (χ1n) is 8.39. The zero-order chi connectivity index (χ0) is 19.6. The lowest BCUT2D eigenvalue weighted by atomic mass is 9.88. The average Bonchev–Trinajstić information content (AvgIpc) is 2.55. The van der Waals surface area contributed by atoms with Gasteiger partial charge in [0, 0.05) is 13.1 Å². The molecule has 0 aromatic heterocycles. The highest BCUT2D eigenvalue weighted by atomic mass is 19.4. The summed E-state index contributed by atoms with van der Waals surface area (Å²) in [6.45, 7) is 5.38. The van der Waals surface area contributed by atoms with Gasteiger partial charge in [0.15, 0.2) is 0 Å². The van der Waals surface area contributed by atoms with Crippen LogP contribution in [-0.4, -0.2) is 29.6 Å². The maximum atomic E-state index is 13.0. The molecule has 1 fully saturated rings. The second-order valence-corrected chi connectivity index (χ2v) is 7.05. The summed E-state index contributed by atoms with van der Waals surface area (Å²) in [5, 5.41) is 5.54. The van der Waals surface area contributed by atoms with Gasteiger partial charge in [0.05, 0.1) is 12.0 Å². The largest absolute Gasteiger partial charge is 0.457 e. The third-order valence-electron chi connectivity index (χ3n) is 4.48. The number of ether oxygens (including phenoxy) is 1. The van der Waals surface area contributed by atoms with E-state index in [1.807, 2.05) is 0 Å². The molecule has 2 N–H and O–H groups in total. The van der Waals surface area contributed by atoms with Crippen LogP contribution in [0, 0.1) is 0 Å². The van der Waals surface area contributed by atoms with Gasteiger partial charge in [-0.2, -0.15) is 13.2 Å². The first kappa shape index (κ1) is 20.2. The van der Waals surface area contributed by atoms with Crippen molar-refractivity contribution < 1.29 is 27.5 Å². The van der Waals surface area contributed by atoms with Crippen LogP contribution in [0.4, 0.5) is 13.2 Å². The average molecular weight is 372 g/mol. The monoisotopic (exact) mass is 372 g/mol. The number of cyclic esters (lactones) is 1. The van der Waals surface area contributed by atoms with Gasteiger partial charge in [0.1, 0.15) is 11.1 Å². The predicted molar refractivity (Wildman–Crippen MR) is 89.1 cm³/mol. The molecule has 1 aromatic rings. The molecule has 1 heterocycles. The fourth-order valence-electron chi connectivity index (χ4n) is 2.85. The lowest BCUT2D eigenvalue weighted by Crippen LogP contribution is -2.64. The van der Waals surface area contributed by atoms with Gasteiger partial charge in [-0.05, 0) is 31.9 Å². The molecule has 1 amide bonds. The molecular weight excluding hydrogens is 349 g/mol. The Bertz CT molecular complexity index is 689. The van der Waals surface area contributed by atoms with E-state index in [0.29, 0.717) is 13.0 Å². The summed E-state index contributed by atoms with van der Waals surface area (Å²) in [6.07, 6.45) is -4.37. The highest BCUT2D eigenvalue weighted by Crippen LogP contribution is 2.32. The molecule has 1 aliphatic heterocycles. The van der Waals surface area contributed by atoms with E-state index in [2.05, 4.69) is 10.6 Å². The molecule has 8 heteroatoms. The number of alkyl halides is 3. The van der Waals surface area contributed by atoms with E-state index in [9.17, 15) is 22.8 Å². The third-order valence-corrected chi connectivity index (χ3v) is 4.48. The van der Waals surface area contributed by atoms with Crippen molar-refractivity contribution >= 4 is 11.9 Å². The molecule has 144 valence electrons. The summed E-state index contributed by atoms with van der Waals surface area (Å²) in [6, 6.07) is 5.06. The Hall–Kier alpha value is -2.09. The van der Waals surface area contributed by atoms with Crippen LogP contribution in [0.1, 0.15) is 44.7 Å². The zero-order valence-electron chi connectivity index (χ0n) is 15.0. The fraction of sp³-hybridized carbons (Fsp3) is 0.556. The third kappa shape index (κ3) is 4.55. The number of hydrogen-bond acceptors (Lipinski definition) is 4. The van der Waals surface area contributed by atoms with E-state index in [-0.39, 0.29) is 18.5 Å². The molecule has 0 spiro atoms. The van der Waals surface area contributed by atoms with E-state index in [1.165, 1.54) is 18.2 Å². The SMILES string of the molecule is CCC1(CC(=O)NCc2ccccc2C(F)(F)F)NCC(C)(C)OC1=O. The first-order chi connectivity index (χ1) is 12.0. The lowest BCUT2D eigenvalue weighted by molar-refractivity contribution is -0.175. The molecule has 1 saturated heterocycles. The van der Waals surface area contributed by atoms with Crippen LogP contribution in [0.3, 0.4) is 0 Å². The standard InChI is InChI=1S/C18H23F3N2O3/c1-4-17(15(25)26-16(2,3)11-23-17)9-14(24)22-10-12-7-5-6-8-13(12)18(19,20)21/h5-8,23H,4,9-11H2,1-3H3,(H,22,24). The van der Waals surface area contributed by atoms with Crippen molar-refractivity contribution in [3.8, 4) is 0 Å². The number of carbonyl (C=O) groups is 2. The van der Waals surface area contributed by atoms with Crippen molar-refractivity contribution in [3.05, 3.63) is 35.4 Å². The summed E-state index contributed by atoms with van der Waals surface area (Å²) in [7, 11) is 0. The van der Waals surface area contributed by atoms with Crippen LogP contribution in [-0.2, 0) is 27.0 Å². The fourth-order valence-corrected chi connectivity index (χ4v) is 2.85. The molecule has 5 nitrogen and oxygen atoms in total. The number of esters is 1. The van der Waals surface area contributed by atoms with Crippen LogP contribution in [0.15, 0.2) is 24.3 Å². The second kappa shape index (κ2) is 7.26. The van der Waals surface area contributed by atoms with Crippen LogP contribution < -0.4 is 10.6 Å². The molecule has 26 heavy (non-hydrogen) atoms. The summed E-state index contributed by atoms with van der Waals surface area (Å²) in [4.78, 5) is 24.6. The maximum absolute atomic E-state index is 13.0. The van der Waals surface area contributed by atoms with Crippen LogP contribution in [0.25, 0.3) is 0 Å². The zero-order valence-corrected chi connectivity index (χ0v) is 15.0.